The summed E-state index contributed by atoms with van der Waals surface area (Å²) in [5, 5.41) is 21.5. The minimum atomic E-state index is -0.956. The molecule has 0 radical (unpaired) electrons. The fourth-order valence-electron chi connectivity index (χ4n) is 4.88. The Morgan fingerprint density at radius 2 is 1.68 bits per heavy atom. The average Bonchev–Trinajstić information content (AvgIpc) is 3.61. The second-order valence-corrected chi connectivity index (χ2v) is 9.52. The third-order valence-corrected chi connectivity index (χ3v) is 6.89. The second kappa shape index (κ2) is 9.92. The Morgan fingerprint density at radius 1 is 0.854 bits per heavy atom. The van der Waals surface area contributed by atoms with Crippen LogP contribution in [0.3, 0.4) is 0 Å². The van der Waals surface area contributed by atoms with Crippen LogP contribution in [0.2, 0.25) is 0 Å². The van der Waals surface area contributed by atoms with E-state index in [9.17, 15) is 9.50 Å². The van der Waals surface area contributed by atoms with Crippen LogP contribution in [0.25, 0.3) is 55.8 Å². The van der Waals surface area contributed by atoms with Crippen molar-refractivity contribution in [2.45, 2.75) is 6.23 Å². The van der Waals surface area contributed by atoms with Crippen LogP contribution in [0.4, 0.5) is 14.5 Å². The number of nitrogens with zero attached hydrogens (tertiary/aromatic N) is 4. The number of halogens is 2. The molecular formula is C31H21F2N7O. The third kappa shape index (κ3) is 4.56. The molecule has 200 valence electrons. The number of aliphatic hydroxyl groups is 1. The first-order chi connectivity index (χ1) is 20.0. The molecule has 41 heavy (non-hydrogen) atoms. The SMILES string of the molecule is OC(Nc1cncc(-c2cc3c(-c4nc5nccc(-c6ccc(F)cc6)c5[nH]4)n[nH]c3cc2F)c1)c1ccccc1. The number of fused-ring (bicyclic) bond motifs is 2. The van der Waals surface area contributed by atoms with Gasteiger partial charge in [-0.05, 0) is 35.9 Å². The highest BCUT2D eigenvalue weighted by atomic mass is 19.1. The molecule has 7 aromatic rings. The van der Waals surface area contributed by atoms with Crippen LogP contribution in [-0.2, 0) is 0 Å². The van der Waals surface area contributed by atoms with Gasteiger partial charge in [-0.3, -0.25) is 10.1 Å². The van der Waals surface area contributed by atoms with Crippen molar-refractivity contribution in [2.24, 2.45) is 0 Å². The molecule has 4 N–H and O–H groups in total. The van der Waals surface area contributed by atoms with E-state index < -0.39 is 12.0 Å². The highest BCUT2D eigenvalue weighted by Gasteiger charge is 2.19. The molecule has 7 rings (SSSR count). The zero-order chi connectivity index (χ0) is 27.9. The Hall–Kier alpha value is -5.48. The van der Waals surface area contributed by atoms with Gasteiger partial charge in [-0.15, -0.1) is 0 Å². The largest absolute Gasteiger partial charge is 0.369 e. The molecule has 1 atom stereocenters. The summed E-state index contributed by atoms with van der Waals surface area (Å²) in [4.78, 5) is 16.6. The van der Waals surface area contributed by atoms with E-state index in [-0.39, 0.29) is 5.82 Å². The van der Waals surface area contributed by atoms with E-state index in [0.717, 1.165) is 11.1 Å². The first-order valence-electron chi connectivity index (χ1n) is 12.8. The predicted molar refractivity (Wildman–Crippen MR) is 153 cm³/mol. The number of H-pyrrole nitrogens is 2. The Labute approximate surface area is 231 Å². The smallest absolute Gasteiger partial charge is 0.178 e. The number of rotatable bonds is 6. The summed E-state index contributed by atoms with van der Waals surface area (Å²) < 4.78 is 28.8. The molecule has 0 saturated heterocycles. The van der Waals surface area contributed by atoms with Crippen LogP contribution in [0.5, 0.6) is 0 Å². The molecular weight excluding hydrogens is 524 g/mol. The van der Waals surface area contributed by atoms with Crippen LogP contribution in [0, 0.1) is 11.6 Å². The van der Waals surface area contributed by atoms with Gasteiger partial charge in [-0.2, -0.15) is 5.10 Å². The lowest BCUT2D eigenvalue weighted by atomic mass is 10.0. The summed E-state index contributed by atoms with van der Waals surface area (Å²) in [6.07, 6.45) is 3.81. The van der Waals surface area contributed by atoms with Gasteiger partial charge in [0.05, 0.1) is 22.9 Å². The van der Waals surface area contributed by atoms with Crippen LogP contribution in [0.15, 0.2) is 97.5 Å². The van der Waals surface area contributed by atoms with Gasteiger partial charge in [0.25, 0.3) is 0 Å². The first-order valence-corrected chi connectivity index (χ1v) is 12.8. The van der Waals surface area contributed by atoms with Gasteiger partial charge < -0.3 is 15.4 Å². The van der Waals surface area contributed by atoms with E-state index >= 15 is 4.39 Å². The summed E-state index contributed by atoms with van der Waals surface area (Å²) >= 11 is 0. The Kier molecular flexibility index (Phi) is 5.94. The molecule has 0 aliphatic heterocycles. The number of imidazole rings is 1. The lowest BCUT2D eigenvalue weighted by molar-refractivity contribution is 0.208. The lowest BCUT2D eigenvalue weighted by Gasteiger charge is -2.15. The Bertz CT molecular complexity index is 2020. The van der Waals surface area contributed by atoms with Crippen molar-refractivity contribution < 1.29 is 13.9 Å². The number of hydrogen-bond donors (Lipinski definition) is 4. The number of pyridine rings is 2. The molecule has 0 saturated carbocycles. The van der Waals surface area contributed by atoms with Crippen LogP contribution in [-0.4, -0.2) is 35.2 Å². The molecule has 0 spiro atoms. The van der Waals surface area contributed by atoms with E-state index in [1.807, 2.05) is 24.3 Å². The second-order valence-electron chi connectivity index (χ2n) is 9.52. The molecule has 10 heteroatoms. The van der Waals surface area contributed by atoms with Gasteiger partial charge in [-0.25, -0.2) is 18.7 Å². The number of anilines is 1. The monoisotopic (exact) mass is 545 g/mol. The van der Waals surface area contributed by atoms with Crippen molar-refractivity contribution in [1.82, 2.24) is 30.1 Å². The summed E-state index contributed by atoms with van der Waals surface area (Å²) in [5.74, 6) is -0.329. The third-order valence-electron chi connectivity index (χ3n) is 6.89. The van der Waals surface area contributed by atoms with Gasteiger partial charge in [-0.1, -0.05) is 42.5 Å². The minimum Gasteiger partial charge on any atom is -0.369 e. The quantitative estimate of drug-likeness (QED) is 0.175. The lowest BCUT2D eigenvalue weighted by Crippen LogP contribution is -2.09. The van der Waals surface area contributed by atoms with E-state index in [2.05, 4.69) is 35.5 Å². The zero-order valence-corrected chi connectivity index (χ0v) is 21.3. The van der Waals surface area contributed by atoms with Crippen molar-refractivity contribution in [3.05, 3.63) is 115 Å². The van der Waals surface area contributed by atoms with E-state index in [0.29, 0.717) is 56.0 Å². The van der Waals surface area contributed by atoms with Crippen molar-refractivity contribution in [2.75, 3.05) is 5.32 Å². The fraction of sp³-hybridized carbons (Fsp3) is 0.0323. The summed E-state index contributed by atoms with van der Waals surface area (Å²) in [5.41, 5.74) is 5.81. The molecule has 0 amide bonds. The van der Waals surface area contributed by atoms with Crippen molar-refractivity contribution in [3.8, 4) is 33.8 Å². The molecule has 3 aromatic carbocycles. The molecule has 4 heterocycles. The minimum absolute atomic E-state index is 0.312. The van der Waals surface area contributed by atoms with E-state index in [4.69, 9.17) is 0 Å². The maximum atomic E-state index is 15.3. The molecule has 0 bridgehead atoms. The van der Waals surface area contributed by atoms with Gasteiger partial charge in [0.1, 0.15) is 17.3 Å². The highest BCUT2D eigenvalue weighted by molar-refractivity contribution is 5.97. The number of nitrogens with one attached hydrogen (secondary N) is 3. The van der Waals surface area contributed by atoms with Crippen molar-refractivity contribution in [1.29, 1.82) is 0 Å². The number of aromatic amines is 2. The van der Waals surface area contributed by atoms with E-state index in [1.165, 1.54) is 18.2 Å². The summed E-state index contributed by atoms with van der Waals surface area (Å²) in [7, 11) is 0. The number of hydrogen-bond acceptors (Lipinski definition) is 6. The maximum absolute atomic E-state index is 15.3. The Morgan fingerprint density at radius 3 is 2.51 bits per heavy atom. The van der Waals surface area contributed by atoms with Crippen molar-refractivity contribution in [3.63, 3.8) is 0 Å². The number of aliphatic hydroxyl groups excluding tert-OH is 1. The van der Waals surface area contributed by atoms with Crippen LogP contribution in [0.1, 0.15) is 11.8 Å². The number of benzene rings is 3. The topological polar surface area (TPSA) is 115 Å². The first kappa shape index (κ1) is 24.6. The molecule has 0 aliphatic rings. The molecule has 8 nitrogen and oxygen atoms in total. The van der Waals surface area contributed by atoms with Gasteiger partial charge >= 0.3 is 0 Å². The Balaban J connectivity index is 1.27. The fourth-order valence-corrected chi connectivity index (χ4v) is 4.88. The van der Waals surface area contributed by atoms with Gasteiger partial charge in [0, 0.05) is 46.1 Å². The molecule has 0 fully saturated rings. The van der Waals surface area contributed by atoms with Crippen LogP contribution < -0.4 is 5.32 Å². The molecule has 0 aliphatic carbocycles. The molecule has 1 unspecified atom stereocenters. The maximum Gasteiger partial charge on any atom is 0.178 e. The van der Waals surface area contributed by atoms with Crippen LogP contribution >= 0.6 is 0 Å². The predicted octanol–water partition coefficient (Wildman–Crippen LogP) is 6.61. The van der Waals surface area contributed by atoms with Crippen molar-refractivity contribution >= 4 is 27.8 Å². The average molecular weight is 546 g/mol. The van der Waals surface area contributed by atoms with Gasteiger partial charge in [0.2, 0.25) is 0 Å². The normalized spacial score (nSPS) is 12.2. The zero-order valence-electron chi connectivity index (χ0n) is 21.3. The summed E-state index contributed by atoms with van der Waals surface area (Å²) in [6, 6.07) is 22.0. The van der Waals surface area contributed by atoms with E-state index in [1.54, 1.807) is 55.0 Å². The highest BCUT2D eigenvalue weighted by Crippen LogP contribution is 2.34. The number of aromatic nitrogens is 6. The standard InChI is InChI=1S/C31H21F2N7O/c32-20-8-6-17(7-9-20)22-10-11-35-29-27(22)37-30(38-29)28-24-13-23(25(33)14-26(24)39-40-28)19-12-21(16-34-15-19)36-31(41)18-4-2-1-3-5-18/h1-16,31,36,41H,(H,39,40)(H,35,37,38). The van der Waals surface area contributed by atoms with Gasteiger partial charge in [0.15, 0.2) is 17.7 Å². The molecule has 4 aromatic heterocycles. The summed E-state index contributed by atoms with van der Waals surface area (Å²) in [6.45, 7) is 0.